The van der Waals surface area contributed by atoms with Gasteiger partial charge in [-0.3, -0.25) is 19.8 Å². The molecule has 1 atom stereocenters. The van der Waals surface area contributed by atoms with Crippen LogP contribution in [0, 0.1) is 26.9 Å². The van der Waals surface area contributed by atoms with Crippen LogP contribution in [0.1, 0.15) is 38.2 Å². The molecule has 0 amide bonds. The summed E-state index contributed by atoms with van der Waals surface area (Å²) in [5.41, 5.74) is 8.45. The van der Waals surface area contributed by atoms with Crippen LogP contribution in [-0.2, 0) is 4.79 Å². The molecule has 1 aliphatic heterocycles. The van der Waals surface area contributed by atoms with Crippen molar-refractivity contribution in [3.8, 4) is 6.07 Å². The molecule has 2 aliphatic rings. The van der Waals surface area contributed by atoms with Crippen molar-refractivity contribution in [2.75, 3.05) is 4.90 Å². The van der Waals surface area contributed by atoms with E-state index in [1.54, 1.807) is 41.3 Å². The Hall–Kier alpha value is -3.63. The summed E-state index contributed by atoms with van der Waals surface area (Å²) in [4.78, 5) is 25.9. The van der Waals surface area contributed by atoms with E-state index in [1.807, 2.05) is 13.8 Å². The topological polar surface area (TPSA) is 113 Å². The summed E-state index contributed by atoms with van der Waals surface area (Å²) in [6, 6.07) is 15.3. The number of nitriles is 1. The lowest BCUT2D eigenvalue weighted by molar-refractivity contribution is -0.384. The van der Waals surface area contributed by atoms with E-state index in [0.29, 0.717) is 40.4 Å². The molecule has 4 rings (SSSR count). The zero-order valence-electron chi connectivity index (χ0n) is 17.6. The van der Waals surface area contributed by atoms with Gasteiger partial charge in [-0.25, -0.2) is 0 Å². The molecule has 8 heteroatoms. The molecule has 0 aromatic heterocycles. The monoisotopic (exact) mass is 448 g/mol. The predicted octanol–water partition coefficient (Wildman–Crippen LogP) is 5.19. The summed E-state index contributed by atoms with van der Waals surface area (Å²) in [5, 5.41) is 21.9. The summed E-state index contributed by atoms with van der Waals surface area (Å²) in [6.07, 6.45) is 0.825. The molecule has 0 bridgehead atoms. The molecule has 0 radical (unpaired) electrons. The van der Waals surface area contributed by atoms with Gasteiger partial charge in [-0.05, 0) is 29.5 Å². The van der Waals surface area contributed by atoms with Gasteiger partial charge in [0.1, 0.15) is 5.82 Å². The predicted molar refractivity (Wildman–Crippen MR) is 122 cm³/mol. The van der Waals surface area contributed by atoms with E-state index in [-0.39, 0.29) is 28.3 Å². The van der Waals surface area contributed by atoms with Crippen LogP contribution < -0.4 is 10.6 Å². The van der Waals surface area contributed by atoms with Crippen molar-refractivity contribution in [3.05, 3.63) is 91.9 Å². The first-order chi connectivity index (χ1) is 15.1. The van der Waals surface area contributed by atoms with Crippen molar-refractivity contribution >= 4 is 28.8 Å². The maximum atomic E-state index is 13.5. The highest BCUT2D eigenvalue weighted by Gasteiger charge is 2.45. The van der Waals surface area contributed by atoms with E-state index in [0.717, 1.165) is 0 Å². The van der Waals surface area contributed by atoms with Crippen molar-refractivity contribution in [2.24, 2.45) is 11.1 Å². The first-order valence-corrected chi connectivity index (χ1v) is 10.5. The summed E-state index contributed by atoms with van der Waals surface area (Å²) < 4.78 is 0. The van der Waals surface area contributed by atoms with Gasteiger partial charge in [0.25, 0.3) is 5.69 Å². The number of nitro groups is 1. The minimum absolute atomic E-state index is 0.0862. The number of hydrogen-bond acceptors (Lipinski definition) is 6. The minimum Gasteiger partial charge on any atom is -0.384 e. The average Bonchev–Trinajstić information content (AvgIpc) is 2.72. The number of anilines is 1. The molecule has 32 heavy (non-hydrogen) atoms. The number of benzene rings is 2. The third-order valence-corrected chi connectivity index (χ3v) is 6.24. The largest absolute Gasteiger partial charge is 0.384 e. The van der Waals surface area contributed by atoms with Crippen molar-refractivity contribution in [1.29, 1.82) is 5.26 Å². The molecule has 2 N–H and O–H groups in total. The number of nitrogens with two attached hydrogens (primary N) is 1. The molecule has 7 nitrogen and oxygen atoms in total. The second kappa shape index (κ2) is 7.81. The number of carbonyl (C=O) groups is 1. The molecule has 1 heterocycles. The number of nitrogens with zero attached hydrogens (tertiary/aromatic N) is 3. The molecule has 1 unspecified atom stereocenters. The fourth-order valence-corrected chi connectivity index (χ4v) is 4.81. The van der Waals surface area contributed by atoms with Gasteiger partial charge in [0.15, 0.2) is 5.78 Å². The van der Waals surface area contributed by atoms with Gasteiger partial charge in [0.2, 0.25) is 0 Å². The number of nitro benzene ring substituents is 1. The minimum atomic E-state index is -0.692. The number of allylic oxidation sites excluding steroid dienone is 3. The van der Waals surface area contributed by atoms with Crippen LogP contribution >= 0.6 is 11.6 Å². The highest BCUT2D eigenvalue weighted by Crippen LogP contribution is 2.51. The smallest absolute Gasteiger partial charge is 0.271 e. The van der Waals surface area contributed by atoms with Gasteiger partial charge in [-0.1, -0.05) is 49.7 Å². The van der Waals surface area contributed by atoms with E-state index < -0.39 is 10.8 Å². The van der Waals surface area contributed by atoms with Crippen molar-refractivity contribution < 1.29 is 9.72 Å². The maximum Gasteiger partial charge on any atom is 0.271 e. The highest BCUT2D eigenvalue weighted by molar-refractivity contribution is 6.31. The Morgan fingerprint density at radius 3 is 2.59 bits per heavy atom. The molecular formula is C24H21ClN4O3. The van der Waals surface area contributed by atoms with E-state index in [9.17, 15) is 20.2 Å². The Bertz CT molecular complexity index is 1260. The lowest BCUT2D eigenvalue weighted by Crippen LogP contribution is -2.42. The van der Waals surface area contributed by atoms with Crippen LogP contribution in [0.2, 0.25) is 5.02 Å². The van der Waals surface area contributed by atoms with Gasteiger partial charge in [-0.2, -0.15) is 5.26 Å². The van der Waals surface area contributed by atoms with Crippen LogP contribution in [0.25, 0.3) is 0 Å². The fourth-order valence-electron chi connectivity index (χ4n) is 4.57. The maximum absolute atomic E-state index is 13.5. The molecule has 2 aromatic rings. The standard InChI is InChI=1S/C24H21ClN4O3/c1-24(2)11-19-22(20(30)12-24)21(16-8-3-4-9-18(16)25)17(13-26)23(27)28(19)14-6-5-7-15(10-14)29(31)32/h3-10,21H,11-12,27H2,1-2H3. The zero-order chi connectivity index (χ0) is 23.2. The Morgan fingerprint density at radius 2 is 1.94 bits per heavy atom. The van der Waals surface area contributed by atoms with Crippen LogP contribution in [0.3, 0.4) is 0 Å². The first-order valence-electron chi connectivity index (χ1n) is 10.1. The summed E-state index contributed by atoms with van der Waals surface area (Å²) in [7, 11) is 0. The molecule has 0 saturated carbocycles. The van der Waals surface area contributed by atoms with E-state index in [1.165, 1.54) is 12.1 Å². The van der Waals surface area contributed by atoms with Gasteiger partial charge in [0, 0.05) is 34.8 Å². The van der Waals surface area contributed by atoms with Gasteiger partial charge in [-0.15, -0.1) is 0 Å². The van der Waals surface area contributed by atoms with E-state index >= 15 is 0 Å². The average molecular weight is 449 g/mol. The number of halogens is 1. The molecule has 0 fully saturated rings. The molecular weight excluding hydrogens is 428 g/mol. The lowest BCUT2D eigenvalue weighted by Gasteiger charge is -2.43. The van der Waals surface area contributed by atoms with Crippen LogP contribution in [0.4, 0.5) is 11.4 Å². The van der Waals surface area contributed by atoms with Crippen LogP contribution in [0.5, 0.6) is 0 Å². The summed E-state index contributed by atoms with van der Waals surface area (Å²) in [5.74, 6) is -0.638. The highest BCUT2D eigenvalue weighted by atomic mass is 35.5. The van der Waals surface area contributed by atoms with E-state index in [2.05, 4.69) is 6.07 Å². The third kappa shape index (κ3) is 3.53. The zero-order valence-corrected chi connectivity index (χ0v) is 18.4. The molecule has 162 valence electrons. The SMILES string of the molecule is CC1(C)CC(=O)C2=C(C1)N(c1cccc([N+](=O)[O-])c1)C(N)=C(C#N)C2c1ccccc1Cl. The van der Waals surface area contributed by atoms with Gasteiger partial charge in [0.05, 0.1) is 28.2 Å². The number of non-ortho nitro benzene ring substituents is 1. The summed E-state index contributed by atoms with van der Waals surface area (Å²) in [6.45, 7) is 3.98. The molecule has 0 saturated heterocycles. The second-order valence-corrected chi connectivity index (χ2v) is 9.19. The summed E-state index contributed by atoms with van der Waals surface area (Å²) >= 11 is 6.48. The number of carbonyl (C=O) groups excluding carboxylic acids is 1. The number of hydrogen-bond donors (Lipinski definition) is 1. The van der Waals surface area contributed by atoms with Crippen molar-refractivity contribution in [1.82, 2.24) is 0 Å². The van der Waals surface area contributed by atoms with Crippen molar-refractivity contribution in [3.63, 3.8) is 0 Å². The Labute approximate surface area is 190 Å². The number of Topliss-reactive ketones (excluding diaryl/α,β-unsaturated/α-hetero) is 1. The normalized spacial score (nSPS) is 20.1. The number of ketones is 1. The lowest BCUT2D eigenvalue weighted by atomic mass is 9.68. The van der Waals surface area contributed by atoms with Crippen LogP contribution in [0.15, 0.2) is 71.2 Å². The molecule has 0 spiro atoms. The number of rotatable bonds is 3. The van der Waals surface area contributed by atoms with Gasteiger partial charge < -0.3 is 5.73 Å². The van der Waals surface area contributed by atoms with Crippen LogP contribution in [-0.4, -0.2) is 10.7 Å². The fraction of sp³-hybridized carbons (Fsp3) is 0.250. The molecule has 2 aromatic carbocycles. The van der Waals surface area contributed by atoms with Gasteiger partial charge >= 0.3 is 0 Å². The quantitative estimate of drug-likeness (QED) is 0.510. The first kappa shape index (κ1) is 21.6. The third-order valence-electron chi connectivity index (χ3n) is 5.90. The Morgan fingerprint density at radius 1 is 1.22 bits per heavy atom. The Kier molecular flexibility index (Phi) is 5.27. The van der Waals surface area contributed by atoms with E-state index in [4.69, 9.17) is 17.3 Å². The molecule has 1 aliphatic carbocycles. The Balaban J connectivity index is 2.02. The van der Waals surface area contributed by atoms with Crippen molar-refractivity contribution in [2.45, 2.75) is 32.6 Å². The second-order valence-electron chi connectivity index (χ2n) is 8.78.